The highest BCUT2D eigenvalue weighted by molar-refractivity contribution is 7.90. The van der Waals surface area contributed by atoms with Crippen molar-refractivity contribution in [2.45, 2.75) is 11.8 Å². The van der Waals surface area contributed by atoms with Gasteiger partial charge in [-0.05, 0) is 24.3 Å². The van der Waals surface area contributed by atoms with Crippen LogP contribution in [0.3, 0.4) is 0 Å². The van der Waals surface area contributed by atoms with Crippen LogP contribution >= 0.6 is 0 Å². The Labute approximate surface area is 118 Å². The van der Waals surface area contributed by atoms with E-state index in [0.29, 0.717) is 5.69 Å². The SMILES string of the molecule is CCNS(=O)(=O)CCNS(=O)(=O)c1ccc(NN)cc1. The number of nitrogens with one attached hydrogen (secondary N) is 3. The minimum absolute atomic E-state index is 0.0392. The fourth-order valence-corrected chi connectivity index (χ4v) is 3.53. The van der Waals surface area contributed by atoms with Crippen LogP contribution in [-0.2, 0) is 20.0 Å². The molecule has 0 aliphatic heterocycles. The number of hydrogen-bond acceptors (Lipinski definition) is 6. The number of anilines is 1. The van der Waals surface area contributed by atoms with Crippen LogP contribution in [0.4, 0.5) is 5.69 Å². The Morgan fingerprint density at radius 2 is 1.65 bits per heavy atom. The van der Waals surface area contributed by atoms with E-state index in [9.17, 15) is 16.8 Å². The Hall–Kier alpha value is -1.20. The van der Waals surface area contributed by atoms with Crippen LogP contribution in [0.2, 0.25) is 0 Å². The second-order valence-electron chi connectivity index (χ2n) is 3.88. The van der Waals surface area contributed by atoms with Gasteiger partial charge in [0.05, 0.1) is 10.6 Å². The molecule has 0 fully saturated rings. The number of hydrazine groups is 1. The highest BCUT2D eigenvalue weighted by atomic mass is 32.2. The number of nitrogens with two attached hydrogens (primary N) is 1. The van der Waals surface area contributed by atoms with E-state index in [2.05, 4.69) is 14.9 Å². The quantitative estimate of drug-likeness (QED) is 0.366. The van der Waals surface area contributed by atoms with Gasteiger partial charge in [-0.2, -0.15) is 0 Å². The summed E-state index contributed by atoms with van der Waals surface area (Å²) in [5.74, 6) is 4.86. The molecule has 0 unspecified atom stereocenters. The lowest BCUT2D eigenvalue weighted by molar-refractivity contribution is 0.576. The molecule has 0 spiro atoms. The van der Waals surface area contributed by atoms with E-state index in [1.54, 1.807) is 6.92 Å². The van der Waals surface area contributed by atoms with Crippen molar-refractivity contribution in [3.8, 4) is 0 Å². The molecular weight excluding hydrogens is 304 g/mol. The molecule has 0 atom stereocenters. The minimum atomic E-state index is -3.73. The molecule has 8 nitrogen and oxygen atoms in total. The van der Waals surface area contributed by atoms with Crippen LogP contribution in [0.15, 0.2) is 29.2 Å². The van der Waals surface area contributed by atoms with Crippen LogP contribution in [0.5, 0.6) is 0 Å². The summed E-state index contributed by atoms with van der Waals surface area (Å²) in [6.07, 6.45) is 0. The zero-order valence-electron chi connectivity index (χ0n) is 11.0. The van der Waals surface area contributed by atoms with Gasteiger partial charge < -0.3 is 5.43 Å². The first-order chi connectivity index (χ1) is 9.30. The molecular formula is C10H18N4O4S2. The van der Waals surface area contributed by atoms with Crippen molar-refractivity contribution in [2.24, 2.45) is 5.84 Å². The van der Waals surface area contributed by atoms with Gasteiger partial charge in [0.2, 0.25) is 20.0 Å². The molecule has 10 heteroatoms. The monoisotopic (exact) mass is 322 g/mol. The summed E-state index contributed by atoms with van der Waals surface area (Å²) in [7, 11) is -7.18. The normalized spacial score (nSPS) is 12.3. The molecule has 0 amide bonds. The van der Waals surface area contributed by atoms with Gasteiger partial charge in [0.1, 0.15) is 0 Å². The van der Waals surface area contributed by atoms with Crippen molar-refractivity contribution in [1.82, 2.24) is 9.44 Å². The maximum atomic E-state index is 11.9. The lowest BCUT2D eigenvalue weighted by atomic mass is 10.3. The average Bonchev–Trinajstić information content (AvgIpc) is 2.38. The predicted molar refractivity (Wildman–Crippen MR) is 76.9 cm³/mol. The second kappa shape index (κ2) is 6.99. The highest BCUT2D eigenvalue weighted by Crippen LogP contribution is 2.12. The first-order valence-electron chi connectivity index (χ1n) is 5.84. The summed E-state index contributed by atoms with van der Waals surface area (Å²) in [6.45, 7) is 1.71. The van der Waals surface area contributed by atoms with E-state index in [0.717, 1.165) is 0 Å². The number of benzene rings is 1. The highest BCUT2D eigenvalue weighted by Gasteiger charge is 2.15. The van der Waals surface area contributed by atoms with Crippen LogP contribution < -0.4 is 20.7 Å². The Balaban J connectivity index is 2.66. The number of hydrogen-bond donors (Lipinski definition) is 4. The molecule has 5 N–H and O–H groups in total. The first kappa shape index (κ1) is 16.9. The summed E-state index contributed by atoms with van der Waals surface area (Å²) < 4.78 is 51.0. The fraction of sp³-hybridized carbons (Fsp3) is 0.400. The average molecular weight is 322 g/mol. The van der Waals surface area contributed by atoms with Gasteiger partial charge in [-0.3, -0.25) is 5.84 Å². The van der Waals surface area contributed by atoms with Crippen LogP contribution in [-0.4, -0.2) is 35.7 Å². The Morgan fingerprint density at radius 1 is 1.05 bits per heavy atom. The van der Waals surface area contributed by atoms with E-state index < -0.39 is 20.0 Å². The molecule has 0 saturated heterocycles. The number of rotatable bonds is 8. The lowest BCUT2D eigenvalue weighted by Gasteiger charge is -2.08. The van der Waals surface area contributed by atoms with Crippen LogP contribution in [0.25, 0.3) is 0 Å². The predicted octanol–water partition coefficient (Wildman–Crippen LogP) is -0.810. The summed E-state index contributed by atoms with van der Waals surface area (Å²) >= 11 is 0. The largest absolute Gasteiger partial charge is 0.324 e. The van der Waals surface area contributed by atoms with Gasteiger partial charge >= 0.3 is 0 Å². The molecule has 114 valence electrons. The summed E-state index contributed by atoms with van der Waals surface area (Å²) in [5, 5.41) is 0. The summed E-state index contributed by atoms with van der Waals surface area (Å²) in [4.78, 5) is 0.0392. The molecule has 1 aromatic rings. The van der Waals surface area contributed by atoms with Gasteiger partial charge in [-0.1, -0.05) is 6.92 Å². The van der Waals surface area contributed by atoms with Crippen molar-refractivity contribution in [2.75, 3.05) is 24.3 Å². The summed E-state index contributed by atoms with van der Waals surface area (Å²) in [5.41, 5.74) is 2.95. The molecule has 20 heavy (non-hydrogen) atoms. The van der Waals surface area contributed by atoms with Crippen molar-refractivity contribution in [3.05, 3.63) is 24.3 Å². The standard InChI is InChI=1S/C10H18N4O4S2/c1-2-12-19(15,16)8-7-13-20(17,18)10-5-3-9(14-11)4-6-10/h3-6,12-14H,2,7-8,11H2,1H3. The fourth-order valence-electron chi connectivity index (χ4n) is 1.42. The third-order valence-corrected chi connectivity index (χ3v) is 5.31. The molecule has 0 heterocycles. The van der Waals surface area contributed by atoms with E-state index >= 15 is 0 Å². The van der Waals surface area contributed by atoms with Crippen molar-refractivity contribution in [3.63, 3.8) is 0 Å². The van der Waals surface area contributed by atoms with Gasteiger partial charge in [-0.15, -0.1) is 0 Å². The third-order valence-electron chi connectivity index (χ3n) is 2.36. The molecule has 0 saturated carbocycles. The van der Waals surface area contributed by atoms with Crippen LogP contribution in [0, 0.1) is 0 Å². The number of sulfonamides is 2. The van der Waals surface area contributed by atoms with Crippen molar-refractivity contribution in [1.29, 1.82) is 0 Å². The Kier molecular flexibility index (Phi) is 5.89. The zero-order valence-corrected chi connectivity index (χ0v) is 12.6. The minimum Gasteiger partial charge on any atom is -0.324 e. The third kappa shape index (κ3) is 5.06. The second-order valence-corrected chi connectivity index (χ2v) is 7.58. The smallest absolute Gasteiger partial charge is 0.240 e. The van der Waals surface area contributed by atoms with E-state index in [-0.39, 0.29) is 23.7 Å². The van der Waals surface area contributed by atoms with E-state index in [4.69, 9.17) is 5.84 Å². The molecule has 1 rings (SSSR count). The lowest BCUT2D eigenvalue weighted by Crippen LogP contribution is -2.34. The van der Waals surface area contributed by atoms with Gasteiger partial charge in [0.15, 0.2) is 0 Å². The number of nitrogen functional groups attached to an aromatic ring is 1. The molecule has 0 radical (unpaired) electrons. The zero-order chi connectivity index (χ0) is 15.2. The molecule has 0 aliphatic rings. The summed E-state index contributed by atoms with van der Waals surface area (Å²) in [6, 6.07) is 5.75. The maximum absolute atomic E-state index is 11.9. The molecule has 0 aromatic heterocycles. The molecule has 1 aromatic carbocycles. The van der Waals surface area contributed by atoms with Crippen molar-refractivity contribution >= 4 is 25.7 Å². The van der Waals surface area contributed by atoms with E-state index in [1.165, 1.54) is 24.3 Å². The Morgan fingerprint density at radius 3 is 2.15 bits per heavy atom. The van der Waals surface area contributed by atoms with Crippen molar-refractivity contribution < 1.29 is 16.8 Å². The maximum Gasteiger partial charge on any atom is 0.240 e. The molecule has 0 aliphatic carbocycles. The van der Waals surface area contributed by atoms with Crippen LogP contribution in [0.1, 0.15) is 6.92 Å². The Bertz CT molecular complexity index is 626. The molecule has 0 bridgehead atoms. The first-order valence-corrected chi connectivity index (χ1v) is 8.98. The van der Waals surface area contributed by atoms with Gasteiger partial charge in [0.25, 0.3) is 0 Å². The van der Waals surface area contributed by atoms with Gasteiger partial charge in [0, 0.05) is 18.8 Å². The van der Waals surface area contributed by atoms with E-state index in [1.807, 2.05) is 0 Å². The van der Waals surface area contributed by atoms with Gasteiger partial charge in [-0.25, -0.2) is 26.3 Å². The topological polar surface area (TPSA) is 130 Å².